The molecule has 0 aromatic heterocycles. The number of hydrogen-bond donors (Lipinski definition) is 2. The number of aliphatic hydroxyl groups is 1. The highest BCUT2D eigenvalue weighted by Crippen LogP contribution is 2.25. The molecule has 0 spiro atoms. The quantitative estimate of drug-likeness (QED) is 0.777. The molecule has 1 aliphatic heterocycles. The van der Waals surface area contributed by atoms with E-state index in [0.29, 0.717) is 17.9 Å². The van der Waals surface area contributed by atoms with E-state index < -0.39 is 12.6 Å². The number of hydrogen-bond acceptors (Lipinski definition) is 4. The van der Waals surface area contributed by atoms with Crippen molar-refractivity contribution in [3.05, 3.63) is 42.5 Å². The summed E-state index contributed by atoms with van der Waals surface area (Å²) in [4.78, 5) is 30.1. The van der Waals surface area contributed by atoms with Crippen LogP contribution < -0.4 is 10.2 Å². The van der Waals surface area contributed by atoms with Crippen molar-refractivity contribution in [2.24, 2.45) is 4.99 Å². The van der Waals surface area contributed by atoms with Crippen LogP contribution in [0.5, 0.6) is 0 Å². The predicted octanol–water partition coefficient (Wildman–Crippen LogP) is 0.505. The van der Waals surface area contributed by atoms with Crippen molar-refractivity contribution >= 4 is 23.2 Å². The molecule has 0 radical (unpaired) electrons. The Bertz CT molecular complexity index is 625. The summed E-state index contributed by atoms with van der Waals surface area (Å²) >= 11 is 0. The zero-order chi connectivity index (χ0) is 16.1. The Labute approximate surface area is 129 Å². The molecule has 6 heteroatoms. The number of aliphatic hydroxyl groups excluding tert-OH is 1. The van der Waals surface area contributed by atoms with Crippen LogP contribution in [0, 0.1) is 0 Å². The van der Waals surface area contributed by atoms with Gasteiger partial charge in [0.2, 0.25) is 5.91 Å². The minimum Gasteiger partial charge on any atom is -0.394 e. The van der Waals surface area contributed by atoms with Gasteiger partial charge in [-0.2, -0.15) is 0 Å². The van der Waals surface area contributed by atoms with Crippen molar-refractivity contribution in [2.75, 3.05) is 24.6 Å². The van der Waals surface area contributed by atoms with E-state index in [9.17, 15) is 14.7 Å². The molecular formula is C16H19N3O3. The Morgan fingerprint density at radius 2 is 2.23 bits per heavy atom. The van der Waals surface area contributed by atoms with Crippen LogP contribution in [0.15, 0.2) is 41.9 Å². The summed E-state index contributed by atoms with van der Waals surface area (Å²) in [5.41, 5.74) is 2.07. The summed E-state index contributed by atoms with van der Waals surface area (Å²) in [7, 11) is 0. The normalized spacial score (nSPS) is 17.4. The largest absolute Gasteiger partial charge is 0.394 e. The van der Waals surface area contributed by atoms with E-state index in [2.05, 4.69) is 16.9 Å². The van der Waals surface area contributed by atoms with E-state index in [1.54, 1.807) is 25.1 Å². The molecular weight excluding hydrogens is 282 g/mol. The third-order valence-electron chi connectivity index (χ3n) is 3.40. The zero-order valence-corrected chi connectivity index (χ0v) is 12.5. The molecule has 2 N–H and O–H groups in total. The summed E-state index contributed by atoms with van der Waals surface area (Å²) in [6.45, 7) is 5.14. The molecule has 2 rings (SSSR count). The number of aliphatic imine (C=N–C) groups is 1. The second-order valence-corrected chi connectivity index (χ2v) is 4.95. The van der Waals surface area contributed by atoms with Crippen LogP contribution in [-0.4, -0.2) is 48.4 Å². The monoisotopic (exact) mass is 301 g/mol. The molecule has 0 saturated carbocycles. The molecule has 0 aliphatic carbocycles. The lowest BCUT2D eigenvalue weighted by Gasteiger charge is -2.24. The smallest absolute Gasteiger partial charge is 0.254 e. The van der Waals surface area contributed by atoms with E-state index in [-0.39, 0.29) is 18.4 Å². The summed E-state index contributed by atoms with van der Waals surface area (Å²) in [6.07, 6.45) is 1.57. The zero-order valence-electron chi connectivity index (χ0n) is 12.5. The van der Waals surface area contributed by atoms with Gasteiger partial charge in [-0.1, -0.05) is 24.3 Å². The number of para-hydroxylation sites is 1. The van der Waals surface area contributed by atoms with Gasteiger partial charge in [-0.25, -0.2) is 0 Å². The van der Waals surface area contributed by atoms with Crippen LogP contribution in [0.3, 0.4) is 0 Å². The number of anilines is 1. The molecule has 1 aliphatic rings. The second-order valence-electron chi connectivity index (χ2n) is 4.95. The maximum atomic E-state index is 12.6. The summed E-state index contributed by atoms with van der Waals surface area (Å²) in [5, 5.41) is 12.1. The molecule has 0 fully saturated rings. The maximum Gasteiger partial charge on any atom is 0.254 e. The van der Waals surface area contributed by atoms with Gasteiger partial charge >= 0.3 is 0 Å². The summed E-state index contributed by atoms with van der Waals surface area (Å²) in [5.74, 6) is -0.681. The van der Waals surface area contributed by atoms with Crippen molar-refractivity contribution in [3.63, 3.8) is 0 Å². The molecule has 6 nitrogen and oxygen atoms in total. The average Bonchev–Trinajstić information content (AvgIpc) is 2.63. The van der Waals surface area contributed by atoms with Crippen molar-refractivity contribution in [3.8, 4) is 0 Å². The van der Waals surface area contributed by atoms with Crippen LogP contribution in [0.2, 0.25) is 0 Å². The lowest BCUT2D eigenvalue weighted by molar-refractivity contribution is -0.124. The Morgan fingerprint density at radius 1 is 1.50 bits per heavy atom. The molecule has 1 atom stereocenters. The summed E-state index contributed by atoms with van der Waals surface area (Å²) < 4.78 is 0. The number of benzene rings is 1. The van der Waals surface area contributed by atoms with Gasteiger partial charge in [0.05, 0.1) is 12.3 Å². The molecule has 0 saturated heterocycles. The first-order valence-electron chi connectivity index (χ1n) is 7.02. The van der Waals surface area contributed by atoms with Gasteiger partial charge in [0.1, 0.15) is 6.54 Å². The van der Waals surface area contributed by atoms with Crippen molar-refractivity contribution in [1.29, 1.82) is 0 Å². The molecule has 1 aromatic rings. The van der Waals surface area contributed by atoms with Gasteiger partial charge in [-0.3, -0.25) is 14.6 Å². The van der Waals surface area contributed by atoms with Gasteiger partial charge in [0.15, 0.2) is 6.04 Å². The number of carbonyl (C=O) groups is 2. The lowest BCUT2D eigenvalue weighted by atomic mass is 10.1. The number of carbonyl (C=O) groups excluding carboxylic acids is 2. The number of fused-ring (bicyclic) bond motifs is 1. The Kier molecular flexibility index (Phi) is 5.06. The van der Waals surface area contributed by atoms with Crippen LogP contribution in [-0.2, 0) is 9.59 Å². The lowest BCUT2D eigenvalue weighted by Crippen LogP contribution is -2.45. The van der Waals surface area contributed by atoms with Gasteiger partial charge in [0.25, 0.3) is 5.91 Å². The van der Waals surface area contributed by atoms with Crippen LogP contribution in [0.1, 0.15) is 12.5 Å². The molecule has 116 valence electrons. The SMILES string of the molecule is C=CCNC(=O)CN1C(=O)[C@@H](CO)N=C(C)c2ccccc21. The maximum absolute atomic E-state index is 12.6. The molecule has 0 bridgehead atoms. The second kappa shape index (κ2) is 7.00. The standard InChI is InChI=1S/C16H19N3O3/c1-3-8-17-15(21)9-19-14-7-5-4-6-12(14)11(2)18-13(10-20)16(19)22/h3-7,13,20H,1,8-10H2,2H3,(H,17,21)/t13-/m1/s1. The van der Waals surface area contributed by atoms with Crippen LogP contribution in [0.25, 0.3) is 0 Å². The highest BCUT2D eigenvalue weighted by molar-refractivity contribution is 6.13. The molecule has 1 heterocycles. The topological polar surface area (TPSA) is 82.0 Å². The number of nitrogens with one attached hydrogen (secondary N) is 1. The number of rotatable bonds is 5. The van der Waals surface area contributed by atoms with Crippen molar-refractivity contribution < 1.29 is 14.7 Å². The fourth-order valence-corrected chi connectivity index (χ4v) is 2.34. The first kappa shape index (κ1) is 15.9. The van der Waals surface area contributed by atoms with Crippen molar-refractivity contribution in [1.82, 2.24) is 5.32 Å². The van der Waals surface area contributed by atoms with Gasteiger partial charge < -0.3 is 15.3 Å². The van der Waals surface area contributed by atoms with E-state index in [1.807, 2.05) is 12.1 Å². The average molecular weight is 301 g/mol. The third-order valence-corrected chi connectivity index (χ3v) is 3.40. The Balaban J connectivity index is 2.37. The van der Waals surface area contributed by atoms with Gasteiger partial charge in [0, 0.05) is 17.8 Å². The Hall–Kier alpha value is -2.47. The van der Waals surface area contributed by atoms with E-state index in [0.717, 1.165) is 5.56 Å². The fourth-order valence-electron chi connectivity index (χ4n) is 2.34. The minimum absolute atomic E-state index is 0.122. The fraction of sp³-hybridized carbons (Fsp3) is 0.312. The first-order chi connectivity index (χ1) is 10.6. The number of benzodiazepines with no additional fused rings is 1. The predicted molar refractivity (Wildman–Crippen MR) is 85.1 cm³/mol. The van der Waals surface area contributed by atoms with Crippen LogP contribution in [0.4, 0.5) is 5.69 Å². The van der Waals surface area contributed by atoms with Gasteiger partial charge in [-0.05, 0) is 13.0 Å². The van der Waals surface area contributed by atoms with E-state index in [1.165, 1.54) is 4.90 Å². The molecule has 1 aromatic carbocycles. The van der Waals surface area contributed by atoms with Gasteiger partial charge in [-0.15, -0.1) is 6.58 Å². The molecule has 2 amide bonds. The van der Waals surface area contributed by atoms with E-state index in [4.69, 9.17) is 0 Å². The third kappa shape index (κ3) is 3.23. The molecule has 22 heavy (non-hydrogen) atoms. The minimum atomic E-state index is -0.889. The number of nitrogens with zero attached hydrogens (tertiary/aromatic N) is 2. The summed E-state index contributed by atoms with van der Waals surface area (Å²) in [6, 6.07) is 6.37. The highest BCUT2D eigenvalue weighted by atomic mass is 16.3. The Morgan fingerprint density at radius 3 is 2.91 bits per heavy atom. The first-order valence-corrected chi connectivity index (χ1v) is 7.02. The van der Waals surface area contributed by atoms with Crippen molar-refractivity contribution in [2.45, 2.75) is 13.0 Å². The number of amides is 2. The van der Waals surface area contributed by atoms with E-state index >= 15 is 0 Å². The highest BCUT2D eigenvalue weighted by Gasteiger charge is 2.31. The molecule has 0 unspecified atom stereocenters. The van der Waals surface area contributed by atoms with Crippen LogP contribution >= 0.6 is 0 Å².